The first-order chi connectivity index (χ1) is 18.4. The van der Waals surface area contributed by atoms with Crippen molar-refractivity contribution in [1.29, 1.82) is 0 Å². The Morgan fingerprint density at radius 2 is 1.51 bits per heavy atom. The minimum Gasteiger partial charge on any atom is -0.363 e. The van der Waals surface area contributed by atoms with Crippen molar-refractivity contribution in [1.82, 2.24) is 20.9 Å². The van der Waals surface area contributed by atoms with Crippen LogP contribution < -0.4 is 21.7 Å². The van der Waals surface area contributed by atoms with Gasteiger partial charge in [0.15, 0.2) is 0 Å². The molecule has 12 heteroatoms. The van der Waals surface area contributed by atoms with Crippen molar-refractivity contribution in [2.24, 2.45) is 17.1 Å². The summed E-state index contributed by atoms with van der Waals surface area (Å²) < 4.78 is 0. The van der Waals surface area contributed by atoms with E-state index in [-0.39, 0.29) is 29.2 Å². The van der Waals surface area contributed by atoms with Gasteiger partial charge in [0, 0.05) is 12.6 Å². The number of ketones is 1. The Bertz CT molecular complexity index is 871. The fourth-order valence-corrected chi connectivity index (χ4v) is 5.46. The van der Waals surface area contributed by atoms with Crippen LogP contribution in [-0.2, 0) is 19.2 Å². The molecule has 0 aromatic heterocycles. The van der Waals surface area contributed by atoms with E-state index in [0.717, 1.165) is 44.9 Å². The molecular formula is C27H45Cl2N5O5. The summed E-state index contributed by atoms with van der Waals surface area (Å²) in [4.78, 5) is 65.1. The molecule has 0 spiro atoms. The molecule has 3 rings (SSSR count). The number of amides is 5. The number of likely N-dealkylation sites (tertiary alicyclic amines) is 1. The molecule has 5 amide bonds. The summed E-state index contributed by atoms with van der Waals surface area (Å²) in [5.41, 5.74) is 4.64. The van der Waals surface area contributed by atoms with E-state index in [9.17, 15) is 24.0 Å². The number of urea groups is 1. The molecule has 5 N–H and O–H groups in total. The zero-order valence-electron chi connectivity index (χ0n) is 23.4. The van der Waals surface area contributed by atoms with Crippen LogP contribution in [0.25, 0.3) is 0 Å². The van der Waals surface area contributed by atoms with Gasteiger partial charge in [-0.15, -0.1) is 23.2 Å². The quantitative estimate of drug-likeness (QED) is 0.240. The van der Waals surface area contributed by atoms with Gasteiger partial charge in [0.05, 0.1) is 11.4 Å². The summed E-state index contributed by atoms with van der Waals surface area (Å²) in [7, 11) is 0. The van der Waals surface area contributed by atoms with Gasteiger partial charge in [0.25, 0.3) is 5.91 Å². The van der Waals surface area contributed by atoms with Gasteiger partial charge in [-0.2, -0.15) is 0 Å². The Hall–Kier alpha value is -2.07. The molecule has 39 heavy (non-hydrogen) atoms. The number of hydrogen-bond donors (Lipinski definition) is 4. The number of carbonyl (C=O) groups is 5. The van der Waals surface area contributed by atoms with Crippen molar-refractivity contribution in [3.8, 4) is 0 Å². The maximum absolute atomic E-state index is 13.7. The van der Waals surface area contributed by atoms with Gasteiger partial charge in [-0.05, 0) is 43.4 Å². The second-order valence-corrected chi connectivity index (χ2v) is 12.7. The van der Waals surface area contributed by atoms with Gasteiger partial charge in [0.2, 0.25) is 17.6 Å². The first kappa shape index (κ1) is 33.1. The van der Waals surface area contributed by atoms with Crippen LogP contribution >= 0.6 is 23.2 Å². The number of alkyl halides is 2. The van der Waals surface area contributed by atoms with Gasteiger partial charge in [0.1, 0.15) is 12.1 Å². The molecule has 0 aromatic carbocycles. The lowest BCUT2D eigenvalue weighted by molar-refractivity contribution is -0.143. The first-order valence-electron chi connectivity index (χ1n) is 14.0. The molecule has 222 valence electrons. The Morgan fingerprint density at radius 3 is 2.03 bits per heavy atom. The molecule has 3 fully saturated rings. The molecule has 2 aliphatic carbocycles. The van der Waals surface area contributed by atoms with Crippen molar-refractivity contribution >= 4 is 52.7 Å². The van der Waals surface area contributed by atoms with Crippen LogP contribution in [0.2, 0.25) is 0 Å². The number of rotatable bonds is 9. The van der Waals surface area contributed by atoms with Crippen molar-refractivity contribution < 1.29 is 24.0 Å². The van der Waals surface area contributed by atoms with E-state index in [1.54, 1.807) is 0 Å². The Morgan fingerprint density at radius 1 is 0.897 bits per heavy atom. The van der Waals surface area contributed by atoms with Crippen molar-refractivity contribution in [2.45, 2.75) is 116 Å². The highest BCUT2D eigenvalue weighted by Crippen LogP contribution is 2.31. The second-order valence-electron chi connectivity index (χ2n) is 11.9. The minimum absolute atomic E-state index is 0.107. The summed E-state index contributed by atoms with van der Waals surface area (Å²) in [6.07, 6.45) is 9.63. The largest absolute Gasteiger partial charge is 0.363 e. The van der Waals surface area contributed by atoms with Crippen molar-refractivity contribution in [3.05, 3.63) is 0 Å². The number of Topliss-reactive ketones (excluding diaryl/α,β-unsaturated/α-hetero) is 1. The van der Waals surface area contributed by atoms with E-state index in [1.807, 2.05) is 20.8 Å². The first-order valence-corrected chi connectivity index (χ1v) is 15.1. The number of nitrogens with two attached hydrogens (primary N) is 1. The predicted molar refractivity (Wildman–Crippen MR) is 151 cm³/mol. The normalized spacial score (nSPS) is 21.5. The molecule has 0 bridgehead atoms. The van der Waals surface area contributed by atoms with E-state index in [2.05, 4.69) is 16.0 Å². The van der Waals surface area contributed by atoms with E-state index >= 15 is 0 Å². The molecular weight excluding hydrogens is 545 g/mol. The molecule has 1 heterocycles. The third-order valence-electron chi connectivity index (χ3n) is 7.84. The zero-order chi connectivity index (χ0) is 29.2. The predicted octanol–water partition coefficient (Wildman–Crippen LogP) is 3.17. The van der Waals surface area contributed by atoms with E-state index in [0.29, 0.717) is 25.8 Å². The number of primary amides is 1. The third kappa shape index (κ3) is 10.1. The van der Waals surface area contributed by atoms with Crippen LogP contribution in [-0.4, -0.2) is 70.5 Å². The molecule has 10 nitrogen and oxygen atoms in total. The number of hydrogen-bond acceptors (Lipinski definition) is 5. The molecule has 3 aliphatic rings. The van der Waals surface area contributed by atoms with Gasteiger partial charge in [-0.1, -0.05) is 59.3 Å². The highest BCUT2D eigenvalue weighted by molar-refractivity contribution is 6.40. The standard InChI is InChI=1S/C26H43N5O5.CH2Cl2/c1-26(2,3)21(30-25(36)28-17-11-5-4-6-12-17)24(35)31-14-8-13-19(31)23(34)29-18(20(32)22(27)33)15-16-9-7-10-16;2-1-3/h16-19,21H,4-15H2,1-3H3,(H2,27,33)(H,29,34)(H2,28,30,36);1H2/t18?,19-,21?;/m0./s1. The fraction of sp³-hybridized carbons (Fsp3) is 0.815. The van der Waals surface area contributed by atoms with Gasteiger partial charge in [-0.25, -0.2) is 4.79 Å². The van der Waals surface area contributed by atoms with Gasteiger partial charge < -0.3 is 26.6 Å². The lowest BCUT2D eigenvalue weighted by Gasteiger charge is -2.36. The van der Waals surface area contributed by atoms with Crippen LogP contribution in [0.15, 0.2) is 0 Å². The van der Waals surface area contributed by atoms with Crippen LogP contribution in [0.4, 0.5) is 4.79 Å². The van der Waals surface area contributed by atoms with Crippen LogP contribution in [0.3, 0.4) is 0 Å². The summed E-state index contributed by atoms with van der Waals surface area (Å²) in [5, 5.41) is 8.77. The summed E-state index contributed by atoms with van der Waals surface area (Å²) in [5.74, 6) is -2.38. The Balaban J connectivity index is 0.00000170. The minimum atomic E-state index is -1.07. The lowest BCUT2D eigenvalue weighted by atomic mass is 9.80. The molecule has 0 radical (unpaired) electrons. The molecule has 2 unspecified atom stereocenters. The monoisotopic (exact) mass is 589 g/mol. The third-order valence-corrected chi connectivity index (χ3v) is 7.84. The molecule has 0 aromatic rings. The Labute approximate surface area is 241 Å². The highest BCUT2D eigenvalue weighted by atomic mass is 35.5. The molecule has 2 saturated carbocycles. The number of carbonyl (C=O) groups excluding carboxylic acids is 5. The average Bonchev–Trinajstić information content (AvgIpc) is 3.33. The summed E-state index contributed by atoms with van der Waals surface area (Å²) >= 11 is 9.53. The maximum atomic E-state index is 13.7. The number of halogens is 2. The summed E-state index contributed by atoms with van der Waals surface area (Å²) in [6, 6.07) is -2.84. The smallest absolute Gasteiger partial charge is 0.315 e. The van der Waals surface area contributed by atoms with Crippen LogP contribution in [0, 0.1) is 11.3 Å². The van der Waals surface area contributed by atoms with E-state index in [4.69, 9.17) is 28.9 Å². The second kappa shape index (κ2) is 15.6. The van der Waals surface area contributed by atoms with Crippen molar-refractivity contribution in [2.75, 3.05) is 11.9 Å². The van der Waals surface area contributed by atoms with Crippen LogP contribution in [0.5, 0.6) is 0 Å². The SMILES string of the molecule is CC(C)(C)C(NC(=O)NC1CCCCC1)C(=O)N1CCC[C@H]1C(=O)NC(CC1CCC1)C(=O)C(N)=O.ClCCl. The molecule has 3 atom stereocenters. The van der Waals surface area contributed by atoms with E-state index < -0.39 is 41.1 Å². The van der Waals surface area contributed by atoms with Crippen LogP contribution in [0.1, 0.15) is 91.4 Å². The maximum Gasteiger partial charge on any atom is 0.315 e. The summed E-state index contributed by atoms with van der Waals surface area (Å²) in [6.45, 7) is 6.01. The average molecular weight is 591 g/mol. The lowest BCUT2D eigenvalue weighted by Crippen LogP contribution is -2.60. The van der Waals surface area contributed by atoms with Gasteiger partial charge >= 0.3 is 6.03 Å². The number of nitrogens with one attached hydrogen (secondary N) is 3. The molecule has 1 saturated heterocycles. The number of nitrogens with zero attached hydrogens (tertiary/aromatic N) is 1. The zero-order valence-corrected chi connectivity index (χ0v) is 24.9. The van der Waals surface area contributed by atoms with Crippen molar-refractivity contribution in [3.63, 3.8) is 0 Å². The molecule has 1 aliphatic heterocycles. The highest BCUT2D eigenvalue weighted by Gasteiger charge is 2.43. The Kier molecular flexibility index (Phi) is 13.3. The van der Waals surface area contributed by atoms with E-state index in [1.165, 1.54) is 11.3 Å². The topological polar surface area (TPSA) is 151 Å². The van der Waals surface area contributed by atoms with Gasteiger partial charge in [-0.3, -0.25) is 19.2 Å². The fourth-order valence-electron chi connectivity index (χ4n) is 5.46.